The van der Waals surface area contributed by atoms with E-state index in [0.717, 1.165) is 37.2 Å². The molecule has 0 radical (unpaired) electrons. The lowest BCUT2D eigenvalue weighted by Crippen LogP contribution is -2.29. The van der Waals surface area contributed by atoms with Crippen molar-refractivity contribution in [3.8, 4) is 5.75 Å². The lowest BCUT2D eigenvalue weighted by Gasteiger charge is -2.25. The van der Waals surface area contributed by atoms with E-state index in [1.807, 2.05) is 31.2 Å². The van der Waals surface area contributed by atoms with Crippen molar-refractivity contribution < 1.29 is 9.84 Å². The fourth-order valence-corrected chi connectivity index (χ4v) is 2.15. The van der Waals surface area contributed by atoms with E-state index < -0.39 is 5.60 Å². The molecule has 3 nitrogen and oxygen atoms in total. The summed E-state index contributed by atoms with van der Waals surface area (Å²) in [5.74, 6) is 1.51. The molecule has 1 aromatic carbocycles. The second-order valence-corrected chi connectivity index (χ2v) is 6.47. The number of hydrogen-bond acceptors (Lipinski definition) is 3. The van der Waals surface area contributed by atoms with Crippen LogP contribution in [0.25, 0.3) is 0 Å². The van der Waals surface area contributed by atoms with E-state index in [1.54, 1.807) is 0 Å². The molecular formula is C17H27NO2. The maximum absolute atomic E-state index is 10.6. The third kappa shape index (κ3) is 4.80. The summed E-state index contributed by atoms with van der Waals surface area (Å²) in [5, 5.41) is 14.0. The molecule has 0 aliphatic heterocycles. The first-order valence-corrected chi connectivity index (χ1v) is 7.67. The van der Waals surface area contributed by atoms with Crippen LogP contribution in [0.3, 0.4) is 0 Å². The highest BCUT2D eigenvalue weighted by atomic mass is 16.5. The van der Waals surface area contributed by atoms with Crippen molar-refractivity contribution in [2.75, 3.05) is 13.1 Å². The van der Waals surface area contributed by atoms with Gasteiger partial charge in [-0.15, -0.1) is 0 Å². The molecule has 112 valence electrons. The lowest BCUT2D eigenvalue weighted by atomic mass is 9.92. The van der Waals surface area contributed by atoms with Crippen LogP contribution < -0.4 is 10.1 Å². The second-order valence-electron chi connectivity index (χ2n) is 6.47. The number of ether oxygens (including phenoxy) is 1. The summed E-state index contributed by atoms with van der Waals surface area (Å²) in [5.41, 5.74) is 0.120. The Morgan fingerprint density at radius 3 is 2.80 bits per heavy atom. The van der Waals surface area contributed by atoms with Crippen LogP contribution in [-0.4, -0.2) is 24.3 Å². The predicted molar refractivity (Wildman–Crippen MR) is 82.0 cm³/mol. The van der Waals surface area contributed by atoms with Gasteiger partial charge in [-0.25, -0.2) is 0 Å². The van der Waals surface area contributed by atoms with Gasteiger partial charge in [0.1, 0.15) is 5.75 Å². The van der Waals surface area contributed by atoms with Crippen molar-refractivity contribution in [3.05, 3.63) is 29.8 Å². The Morgan fingerprint density at radius 1 is 1.40 bits per heavy atom. The van der Waals surface area contributed by atoms with Gasteiger partial charge in [0, 0.05) is 0 Å². The van der Waals surface area contributed by atoms with Crippen molar-refractivity contribution in [1.82, 2.24) is 5.32 Å². The quantitative estimate of drug-likeness (QED) is 0.718. The zero-order chi connectivity index (χ0) is 14.6. The number of hydrogen-bond donors (Lipinski definition) is 2. The van der Waals surface area contributed by atoms with E-state index in [-0.39, 0.29) is 0 Å². The van der Waals surface area contributed by atoms with Gasteiger partial charge in [0.15, 0.2) is 0 Å². The molecule has 0 saturated heterocycles. The van der Waals surface area contributed by atoms with E-state index in [2.05, 4.69) is 19.2 Å². The molecule has 1 aliphatic rings. The van der Waals surface area contributed by atoms with Gasteiger partial charge in [-0.3, -0.25) is 0 Å². The number of aliphatic hydroxyl groups is 1. The van der Waals surface area contributed by atoms with Crippen LogP contribution >= 0.6 is 0 Å². The molecule has 1 aromatic rings. The number of nitrogens with one attached hydrogen (secondary N) is 1. The van der Waals surface area contributed by atoms with Crippen LogP contribution in [0.4, 0.5) is 0 Å². The molecule has 0 aromatic heterocycles. The Labute approximate surface area is 122 Å². The predicted octanol–water partition coefficient (Wildman–Crippen LogP) is 3.07. The number of benzene rings is 1. The Balaban J connectivity index is 1.89. The highest BCUT2D eigenvalue weighted by Gasteiger charge is 2.26. The molecule has 1 fully saturated rings. The highest BCUT2D eigenvalue weighted by Crippen LogP contribution is 2.31. The molecule has 0 heterocycles. The first kappa shape index (κ1) is 15.3. The minimum atomic E-state index is -0.813. The third-order valence-corrected chi connectivity index (χ3v) is 3.62. The van der Waals surface area contributed by atoms with Gasteiger partial charge in [0.2, 0.25) is 0 Å². The topological polar surface area (TPSA) is 41.5 Å². The molecule has 20 heavy (non-hydrogen) atoms. The van der Waals surface area contributed by atoms with Crippen molar-refractivity contribution in [3.63, 3.8) is 0 Å². The molecule has 0 amide bonds. The first-order chi connectivity index (χ1) is 9.47. The molecule has 0 bridgehead atoms. The van der Waals surface area contributed by atoms with Crippen LogP contribution in [0.5, 0.6) is 5.75 Å². The Morgan fingerprint density at radius 2 is 2.15 bits per heavy atom. The SMILES string of the molecule is CC(C)CNCCC(C)(O)c1cccc(OC2CC2)c1. The van der Waals surface area contributed by atoms with Crippen LogP contribution in [-0.2, 0) is 5.60 Å². The van der Waals surface area contributed by atoms with Gasteiger partial charge in [-0.1, -0.05) is 26.0 Å². The molecule has 0 spiro atoms. The summed E-state index contributed by atoms with van der Waals surface area (Å²) in [6, 6.07) is 7.88. The minimum Gasteiger partial charge on any atom is -0.490 e. The van der Waals surface area contributed by atoms with Gasteiger partial charge in [0.25, 0.3) is 0 Å². The van der Waals surface area contributed by atoms with E-state index in [0.29, 0.717) is 18.4 Å². The first-order valence-electron chi connectivity index (χ1n) is 7.67. The smallest absolute Gasteiger partial charge is 0.120 e. The average molecular weight is 277 g/mol. The molecular weight excluding hydrogens is 250 g/mol. The maximum atomic E-state index is 10.6. The average Bonchev–Trinajstić information content (AvgIpc) is 3.19. The van der Waals surface area contributed by atoms with Gasteiger partial charge in [-0.05, 0) is 62.9 Å². The van der Waals surface area contributed by atoms with Crippen molar-refractivity contribution in [1.29, 1.82) is 0 Å². The van der Waals surface area contributed by atoms with Gasteiger partial charge in [0.05, 0.1) is 11.7 Å². The Kier molecular flexibility index (Phi) is 5.06. The molecule has 1 saturated carbocycles. The zero-order valence-electron chi connectivity index (χ0n) is 12.9. The van der Waals surface area contributed by atoms with E-state index in [9.17, 15) is 5.11 Å². The van der Waals surface area contributed by atoms with E-state index in [4.69, 9.17) is 4.74 Å². The summed E-state index contributed by atoms with van der Waals surface area (Å²) in [6.45, 7) is 8.05. The summed E-state index contributed by atoms with van der Waals surface area (Å²) >= 11 is 0. The van der Waals surface area contributed by atoms with Crippen LogP contribution in [0.1, 0.15) is 45.6 Å². The third-order valence-electron chi connectivity index (χ3n) is 3.62. The summed E-state index contributed by atoms with van der Waals surface area (Å²) < 4.78 is 5.79. The van der Waals surface area contributed by atoms with E-state index >= 15 is 0 Å². The molecule has 3 heteroatoms. The zero-order valence-corrected chi connectivity index (χ0v) is 12.9. The number of rotatable bonds is 8. The largest absolute Gasteiger partial charge is 0.490 e. The second kappa shape index (κ2) is 6.59. The normalized spacial score (nSPS) is 18.1. The van der Waals surface area contributed by atoms with Crippen molar-refractivity contribution in [2.24, 2.45) is 5.92 Å². The summed E-state index contributed by atoms with van der Waals surface area (Å²) in [4.78, 5) is 0. The van der Waals surface area contributed by atoms with Crippen molar-refractivity contribution >= 4 is 0 Å². The molecule has 1 atom stereocenters. The molecule has 2 rings (SSSR count). The Hall–Kier alpha value is -1.06. The molecule has 2 N–H and O–H groups in total. The fourth-order valence-electron chi connectivity index (χ4n) is 2.15. The minimum absolute atomic E-state index is 0.392. The van der Waals surface area contributed by atoms with Crippen LogP contribution in [0, 0.1) is 5.92 Å². The molecule has 1 aliphatic carbocycles. The van der Waals surface area contributed by atoms with Crippen LogP contribution in [0.2, 0.25) is 0 Å². The van der Waals surface area contributed by atoms with Gasteiger partial charge < -0.3 is 15.2 Å². The lowest BCUT2D eigenvalue weighted by molar-refractivity contribution is 0.0475. The monoisotopic (exact) mass is 277 g/mol. The highest BCUT2D eigenvalue weighted by molar-refractivity contribution is 5.32. The molecule has 1 unspecified atom stereocenters. The van der Waals surface area contributed by atoms with Gasteiger partial charge in [-0.2, -0.15) is 0 Å². The van der Waals surface area contributed by atoms with E-state index in [1.165, 1.54) is 0 Å². The maximum Gasteiger partial charge on any atom is 0.120 e. The summed E-state index contributed by atoms with van der Waals surface area (Å²) in [6.07, 6.45) is 3.40. The summed E-state index contributed by atoms with van der Waals surface area (Å²) in [7, 11) is 0. The van der Waals surface area contributed by atoms with Gasteiger partial charge >= 0.3 is 0 Å². The standard InChI is InChI=1S/C17H27NO2/c1-13(2)12-18-10-9-17(3,19)14-5-4-6-16(11-14)20-15-7-8-15/h4-6,11,13,15,18-19H,7-10,12H2,1-3H3. The Bertz CT molecular complexity index is 425. The van der Waals surface area contributed by atoms with Crippen LogP contribution in [0.15, 0.2) is 24.3 Å². The van der Waals surface area contributed by atoms with Crippen molar-refractivity contribution in [2.45, 2.75) is 51.7 Å². The fraction of sp³-hybridized carbons (Fsp3) is 0.647.